The molecule has 9 nitrogen and oxygen atoms in total. The Balaban J connectivity index is 1.55. The zero-order valence-corrected chi connectivity index (χ0v) is 20.2. The van der Waals surface area contributed by atoms with E-state index in [1.807, 2.05) is 49.2 Å². The number of β-amino-alcohol motifs (C(OH)–C–C–N with tert-alkyl or cyclic N) is 1. The van der Waals surface area contributed by atoms with E-state index in [1.165, 1.54) is 11.8 Å². The van der Waals surface area contributed by atoms with E-state index in [0.717, 1.165) is 43.2 Å². The number of halogens is 1. The highest BCUT2D eigenvalue weighted by molar-refractivity contribution is 8.04. The van der Waals surface area contributed by atoms with E-state index in [0.29, 0.717) is 34.6 Å². The van der Waals surface area contributed by atoms with Crippen LogP contribution in [-0.4, -0.2) is 71.2 Å². The third kappa shape index (κ3) is 5.52. The van der Waals surface area contributed by atoms with Gasteiger partial charge < -0.3 is 25.5 Å². The molecule has 3 heterocycles. The Hall–Kier alpha value is -2.53. The number of amides is 1. The SMILES string of the molecule is Cc1nc(NC2SC(NC=O)=CN2c2c(C)cccc2Cl)cc(N2CCN(CCO)CC2)n1. The normalized spacial score (nSPS) is 18.9. The lowest BCUT2D eigenvalue weighted by Crippen LogP contribution is -2.47. The first kappa shape index (κ1) is 23.6. The van der Waals surface area contributed by atoms with Crippen molar-refractivity contribution in [2.24, 2.45) is 0 Å². The summed E-state index contributed by atoms with van der Waals surface area (Å²) >= 11 is 8.01. The summed E-state index contributed by atoms with van der Waals surface area (Å²) in [6.07, 6.45) is 2.54. The van der Waals surface area contributed by atoms with Crippen LogP contribution in [0.5, 0.6) is 0 Å². The first-order valence-electron chi connectivity index (χ1n) is 10.8. The highest BCUT2D eigenvalue weighted by Crippen LogP contribution is 2.40. The summed E-state index contributed by atoms with van der Waals surface area (Å²) in [7, 11) is 0. The lowest BCUT2D eigenvalue weighted by Gasteiger charge is -2.35. The van der Waals surface area contributed by atoms with Crippen LogP contribution in [0.15, 0.2) is 35.5 Å². The second kappa shape index (κ2) is 10.6. The number of para-hydroxylation sites is 1. The van der Waals surface area contributed by atoms with Gasteiger partial charge in [0.2, 0.25) is 6.41 Å². The lowest BCUT2D eigenvalue weighted by atomic mass is 10.2. The van der Waals surface area contributed by atoms with Crippen LogP contribution in [0, 0.1) is 13.8 Å². The van der Waals surface area contributed by atoms with Gasteiger partial charge in [0.1, 0.15) is 17.5 Å². The fourth-order valence-electron chi connectivity index (χ4n) is 4.02. The summed E-state index contributed by atoms with van der Waals surface area (Å²) in [5.74, 6) is 2.25. The van der Waals surface area contributed by atoms with Crippen LogP contribution >= 0.6 is 23.4 Å². The molecule has 11 heteroatoms. The van der Waals surface area contributed by atoms with Gasteiger partial charge in [0.25, 0.3) is 0 Å². The number of nitrogens with one attached hydrogen (secondary N) is 2. The van der Waals surface area contributed by atoms with E-state index in [4.69, 9.17) is 11.6 Å². The van der Waals surface area contributed by atoms with Gasteiger partial charge in [-0.1, -0.05) is 35.5 Å². The minimum absolute atomic E-state index is 0.177. The largest absolute Gasteiger partial charge is 0.395 e. The van der Waals surface area contributed by atoms with Crippen molar-refractivity contribution in [3.05, 3.63) is 51.9 Å². The Morgan fingerprint density at radius 3 is 2.73 bits per heavy atom. The van der Waals surface area contributed by atoms with Gasteiger partial charge in [0.05, 0.1) is 22.3 Å². The number of thioether (sulfide) groups is 1. The van der Waals surface area contributed by atoms with Gasteiger partial charge in [-0.05, 0) is 25.5 Å². The monoisotopic (exact) mass is 489 g/mol. The summed E-state index contributed by atoms with van der Waals surface area (Å²) in [5.41, 5.74) is 1.64. The number of rotatable bonds is 8. The molecule has 0 saturated carbocycles. The lowest BCUT2D eigenvalue weighted by molar-refractivity contribution is -0.108. The molecule has 0 aliphatic carbocycles. The van der Waals surface area contributed by atoms with E-state index in [1.54, 1.807) is 0 Å². The molecule has 176 valence electrons. The van der Waals surface area contributed by atoms with E-state index >= 15 is 0 Å². The second-order valence-corrected chi connectivity index (χ2v) is 9.42. The first-order chi connectivity index (χ1) is 16.0. The molecule has 3 N–H and O–H groups in total. The highest BCUT2D eigenvalue weighted by atomic mass is 35.5. The third-order valence-electron chi connectivity index (χ3n) is 5.60. The Bertz CT molecular complexity index is 1010. The van der Waals surface area contributed by atoms with Gasteiger partial charge in [0.15, 0.2) is 5.50 Å². The maximum atomic E-state index is 11.1. The van der Waals surface area contributed by atoms with Crippen molar-refractivity contribution in [2.45, 2.75) is 19.3 Å². The van der Waals surface area contributed by atoms with Crippen molar-refractivity contribution in [1.29, 1.82) is 0 Å². The Kier molecular flexibility index (Phi) is 7.59. The molecule has 0 spiro atoms. The quantitative estimate of drug-likeness (QED) is 0.483. The van der Waals surface area contributed by atoms with Crippen molar-refractivity contribution in [2.75, 3.05) is 54.4 Å². The smallest absolute Gasteiger partial charge is 0.211 e. The number of hydrogen-bond acceptors (Lipinski definition) is 9. The number of hydrogen-bond donors (Lipinski definition) is 3. The Labute approximate surface area is 202 Å². The molecular weight excluding hydrogens is 462 g/mol. The van der Waals surface area contributed by atoms with E-state index < -0.39 is 0 Å². The van der Waals surface area contributed by atoms with Crippen LogP contribution in [0.3, 0.4) is 0 Å². The van der Waals surface area contributed by atoms with E-state index in [9.17, 15) is 9.90 Å². The number of anilines is 3. The summed E-state index contributed by atoms with van der Waals surface area (Å²) in [6, 6.07) is 7.73. The molecule has 1 fully saturated rings. The van der Waals surface area contributed by atoms with Crippen molar-refractivity contribution in [3.8, 4) is 0 Å². The number of carbonyl (C=O) groups excluding carboxylic acids is 1. The van der Waals surface area contributed by atoms with Gasteiger partial charge in [-0.15, -0.1) is 0 Å². The Morgan fingerprint density at radius 2 is 2.03 bits per heavy atom. The summed E-state index contributed by atoms with van der Waals surface area (Å²) in [5, 5.41) is 16.7. The number of aliphatic hydroxyl groups excluding tert-OH is 1. The summed E-state index contributed by atoms with van der Waals surface area (Å²) in [4.78, 5) is 26.8. The molecule has 1 saturated heterocycles. The van der Waals surface area contributed by atoms with Gasteiger partial charge in [-0.2, -0.15) is 0 Å². The molecule has 2 aliphatic rings. The number of nitrogens with zero attached hydrogens (tertiary/aromatic N) is 5. The highest BCUT2D eigenvalue weighted by Gasteiger charge is 2.30. The fourth-order valence-corrected chi connectivity index (χ4v) is 5.33. The molecule has 4 rings (SSSR count). The summed E-state index contributed by atoms with van der Waals surface area (Å²) < 4.78 is 0. The van der Waals surface area contributed by atoms with Crippen LogP contribution < -0.4 is 20.4 Å². The maximum Gasteiger partial charge on any atom is 0.211 e. The van der Waals surface area contributed by atoms with Gasteiger partial charge >= 0.3 is 0 Å². The number of aryl methyl sites for hydroxylation is 2. The van der Waals surface area contributed by atoms with Gasteiger partial charge in [0, 0.05) is 45.0 Å². The number of benzene rings is 1. The van der Waals surface area contributed by atoms with Crippen LogP contribution in [-0.2, 0) is 4.79 Å². The maximum absolute atomic E-state index is 11.1. The van der Waals surface area contributed by atoms with E-state index in [-0.39, 0.29) is 12.1 Å². The minimum Gasteiger partial charge on any atom is -0.395 e. The van der Waals surface area contributed by atoms with Crippen LogP contribution in [0.25, 0.3) is 0 Å². The molecule has 1 atom stereocenters. The molecule has 0 bridgehead atoms. The average Bonchev–Trinajstić information content (AvgIpc) is 3.16. The fraction of sp³-hybridized carbons (Fsp3) is 0.409. The molecule has 1 aromatic heterocycles. The Morgan fingerprint density at radius 1 is 1.24 bits per heavy atom. The van der Waals surface area contributed by atoms with Crippen molar-refractivity contribution < 1.29 is 9.90 Å². The van der Waals surface area contributed by atoms with Gasteiger partial charge in [-0.3, -0.25) is 9.69 Å². The predicted octanol–water partition coefficient (Wildman–Crippen LogP) is 2.35. The van der Waals surface area contributed by atoms with Crippen molar-refractivity contribution >= 4 is 47.1 Å². The van der Waals surface area contributed by atoms with Gasteiger partial charge in [-0.25, -0.2) is 9.97 Å². The number of aliphatic hydroxyl groups is 1. The number of aromatic nitrogens is 2. The molecular formula is C22H28ClN7O2S. The van der Waals surface area contributed by atoms with Crippen LogP contribution in [0.4, 0.5) is 17.3 Å². The molecule has 2 aromatic rings. The molecule has 1 amide bonds. The molecule has 1 aromatic carbocycles. The minimum atomic E-state index is -0.255. The second-order valence-electron chi connectivity index (χ2n) is 7.89. The molecule has 33 heavy (non-hydrogen) atoms. The zero-order valence-electron chi connectivity index (χ0n) is 18.7. The standard InChI is InChI=1S/C22H28ClN7O2S/c1-15-4-3-5-17(23)21(15)30-13-20(24-14-32)33-22(30)27-18-12-19(26-16(2)25-18)29-8-6-28(7-9-29)10-11-31/h3-5,12-14,22,31H,6-11H2,1-2H3,(H,24,32)(H,25,26,27). The predicted molar refractivity (Wildman–Crippen MR) is 133 cm³/mol. The molecule has 0 radical (unpaired) electrons. The number of piperazine rings is 1. The van der Waals surface area contributed by atoms with Crippen LogP contribution in [0.2, 0.25) is 5.02 Å². The average molecular weight is 490 g/mol. The molecule has 2 aliphatic heterocycles. The van der Waals surface area contributed by atoms with Crippen molar-refractivity contribution in [1.82, 2.24) is 20.2 Å². The first-order valence-corrected chi connectivity index (χ1v) is 12.1. The summed E-state index contributed by atoms with van der Waals surface area (Å²) in [6.45, 7) is 8.21. The molecule has 1 unspecified atom stereocenters. The zero-order chi connectivity index (χ0) is 23.4. The topological polar surface area (TPSA) is 96.9 Å². The third-order valence-corrected chi connectivity index (χ3v) is 6.95. The number of carbonyl (C=O) groups is 1. The van der Waals surface area contributed by atoms with Crippen LogP contribution in [0.1, 0.15) is 11.4 Å². The van der Waals surface area contributed by atoms with Crippen molar-refractivity contribution in [3.63, 3.8) is 0 Å². The van der Waals surface area contributed by atoms with E-state index in [2.05, 4.69) is 30.4 Å².